The monoisotopic (exact) mass is 436 g/mol. The van der Waals surface area contributed by atoms with Gasteiger partial charge >= 0.3 is 0 Å². The third kappa shape index (κ3) is 4.41. The van der Waals surface area contributed by atoms with Crippen molar-refractivity contribution in [1.29, 1.82) is 0 Å². The average molecular weight is 437 g/mol. The predicted molar refractivity (Wildman–Crippen MR) is 122 cm³/mol. The lowest BCUT2D eigenvalue weighted by Gasteiger charge is -2.34. The molecule has 0 aromatic heterocycles. The van der Waals surface area contributed by atoms with Crippen LogP contribution in [0.2, 0.25) is 0 Å². The maximum absolute atomic E-state index is 13.3. The number of carbonyl (C=O) groups is 1. The lowest BCUT2D eigenvalue weighted by Crippen LogP contribution is -2.49. The molecule has 1 heterocycles. The third-order valence-corrected chi connectivity index (χ3v) is 7.13. The van der Waals surface area contributed by atoms with Crippen molar-refractivity contribution in [3.05, 3.63) is 89.5 Å². The van der Waals surface area contributed by atoms with Crippen LogP contribution in [0.15, 0.2) is 72.8 Å². The second-order valence-corrected chi connectivity index (χ2v) is 9.48. The summed E-state index contributed by atoms with van der Waals surface area (Å²) in [6, 6.07) is 21.5. The molecule has 3 aromatic rings. The van der Waals surface area contributed by atoms with Gasteiger partial charge in [0.1, 0.15) is 5.75 Å². The van der Waals surface area contributed by atoms with Crippen molar-refractivity contribution in [3.63, 3.8) is 0 Å². The fraction of sp³-hybridized carbons (Fsp3) is 0.208. The molecule has 4 rings (SSSR count). The number of fused-ring (bicyclic) bond motifs is 1. The zero-order valence-electron chi connectivity index (χ0n) is 17.4. The van der Waals surface area contributed by atoms with Crippen molar-refractivity contribution in [3.8, 4) is 5.75 Å². The van der Waals surface area contributed by atoms with Crippen LogP contribution >= 0.6 is 0 Å². The number of carbonyl (C=O) groups excluding carboxylic acids is 1. The Hall–Kier alpha value is -3.32. The van der Waals surface area contributed by atoms with Crippen molar-refractivity contribution in [1.82, 2.24) is 0 Å². The van der Waals surface area contributed by atoms with Crippen molar-refractivity contribution in [2.45, 2.75) is 25.7 Å². The summed E-state index contributed by atoms with van der Waals surface area (Å²) in [5, 5.41) is 2.89. The molecule has 7 heteroatoms. The Bertz CT molecular complexity index is 1210. The number of hydrogen-bond acceptors (Lipinski definition) is 4. The second kappa shape index (κ2) is 8.43. The molecule has 0 aliphatic carbocycles. The number of amides is 1. The fourth-order valence-electron chi connectivity index (χ4n) is 3.56. The van der Waals surface area contributed by atoms with Gasteiger partial charge in [-0.2, -0.15) is 0 Å². The summed E-state index contributed by atoms with van der Waals surface area (Å²) < 4.78 is 33.7. The highest BCUT2D eigenvalue weighted by Gasteiger charge is 2.36. The van der Waals surface area contributed by atoms with E-state index < -0.39 is 16.1 Å². The molecular weight excluding hydrogens is 412 g/mol. The van der Waals surface area contributed by atoms with E-state index in [1.165, 1.54) is 4.31 Å². The van der Waals surface area contributed by atoms with Crippen LogP contribution in [-0.4, -0.2) is 27.0 Å². The van der Waals surface area contributed by atoms with E-state index in [2.05, 4.69) is 5.32 Å². The first-order chi connectivity index (χ1) is 14.8. The van der Waals surface area contributed by atoms with E-state index in [0.717, 1.165) is 11.1 Å². The largest absolute Gasteiger partial charge is 0.476 e. The van der Waals surface area contributed by atoms with E-state index in [9.17, 15) is 13.2 Å². The van der Waals surface area contributed by atoms with Crippen molar-refractivity contribution < 1.29 is 17.9 Å². The highest BCUT2D eigenvalue weighted by Crippen LogP contribution is 2.36. The Kier molecular flexibility index (Phi) is 5.69. The number of aryl methyl sites for hydroxylation is 1. The minimum atomic E-state index is -3.73. The van der Waals surface area contributed by atoms with Gasteiger partial charge in [-0.05, 0) is 48.7 Å². The third-order valence-electron chi connectivity index (χ3n) is 5.42. The zero-order valence-corrected chi connectivity index (χ0v) is 18.2. The topological polar surface area (TPSA) is 75.7 Å². The van der Waals surface area contributed by atoms with Gasteiger partial charge in [-0.1, -0.05) is 54.6 Å². The number of anilines is 2. The Morgan fingerprint density at radius 3 is 2.48 bits per heavy atom. The number of nitrogens with one attached hydrogen (secondary N) is 1. The molecule has 6 nitrogen and oxygen atoms in total. The molecule has 0 spiro atoms. The smallest absolute Gasteiger partial charge is 0.267 e. The summed E-state index contributed by atoms with van der Waals surface area (Å²) in [4.78, 5) is 13.0. The van der Waals surface area contributed by atoms with Gasteiger partial charge in [0.2, 0.25) is 10.0 Å². The molecule has 0 saturated heterocycles. The van der Waals surface area contributed by atoms with Gasteiger partial charge in [-0.3, -0.25) is 9.10 Å². The number of nitrogens with zero attached hydrogens (tertiary/aromatic N) is 1. The molecule has 0 saturated carbocycles. The summed E-state index contributed by atoms with van der Waals surface area (Å²) >= 11 is 0. The highest BCUT2D eigenvalue weighted by atomic mass is 32.2. The van der Waals surface area contributed by atoms with E-state index in [4.69, 9.17) is 4.74 Å². The number of rotatable bonds is 5. The molecule has 1 aliphatic rings. The molecule has 1 atom stereocenters. The first kappa shape index (κ1) is 20.9. The summed E-state index contributed by atoms with van der Waals surface area (Å²) in [5.74, 6) is -0.178. The molecule has 160 valence electrons. The van der Waals surface area contributed by atoms with Gasteiger partial charge in [0.25, 0.3) is 5.91 Å². The normalized spacial score (nSPS) is 15.7. The van der Waals surface area contributed by atoms with Gasteiger partial charge in [-0.25, -0.2) is 8.42 Å². The fourth-order valence-corrected chi connectivity index (χ4v) is 5.15. The first-order valence-corrected chi connectivity index (χ1v) is 11.6. The van der Waals surface area contributed by atoms with Gasteiger partial charge in [0.05, 0.1) is 18.0 Å². The Balaban J connectivity index is 1.62. The molecular formula is C24H24N2O4S. The van der Waals surface area contributed by atoms with Crippen LogP contribution in [0.25, 0.3) is 0 Å². The van der Waals surface area contributed by atoms with Crippen LogP contribution in [0.3, 0.4) is 0 Å². The highest BCUT2D eigenvalue weighted by molar-refractivity contribution is 7.92. The van der Waals surface area contributed by atoms with Crippen molar-refractivity contribution in [2.24, 2.45) is 0 Å². The molecule has 0 radical (unpaired) electrons. The Morgan fingerprint density at radius 1 is 1.00 bits per heavy atom. The summed E-state index contributed by atoms with van der Waals surface area (Å²) in [5.41, 5.74) is 3.82. The molecule has 0 fully saturated rings. The standard InChI is InChI=1S/C24H24N2O4S/c1-17-9-8-12-20(18(17)2)25-24(27)23-15-26(21-13-6-7-14-22(21)30-23)31(28,29)16-19-10-4-3-5-11-19/h3-14,23H,15-16H2,1-2H3,(H,25,27)/t23-/m1/s1. The van der Waals surface area contributed by atoms with Gasteiger partial charge < -0.3 is 10.1 Å². The van der Waals surface area contributed by atoms with E-state index in [1.54, 1.807) is 48.5 Å². The lowest BCUT2D eigenvalue weighted by atomic mass is 10.1. The number of benzene rings is 3. The van der Waals surface area contributed by atoms with E-state index in [0.29, 0.717) is 22.7 Å². The molecule has 0 unspecified atom stereocenters. The maximum atomic E-state index is 13.3. The van der Waals surface area contributed by atoms with E-state index >= 15 is 0 Å². The molecule has 31 heavy (non-hydrogen) atoms. The Morgan fingerprint density at radius 2 is 1.71 bits per heavy atom. The van der Waals surface area contributed by atoms with Gasteiger partial charge in [-0.15, -0.1) is 0 Å². The van der Waals surface area contributed by atoms with Crippen LogP contribution in [0.1, 0.15) is 16.7 Å². The second-order valence-electron chi connectivity index (χ2n) is 7.58. The molecule has 0 bridgehead atoms. The number of hydrogen-bond donors (Lipinski definition) is 1. The van der Waals surface area contributed by atoms with Crippen LogP contribution in [0, 0.1) is 13.8 Å². The van der Waals surface area contributed by atoms with Crippen LogP contribution in [0.4, 0.5) is 11.4 Å². The summed E-state index contributed by atoms with van der Waals surface area (Å²) in [6.07, 6.45) is -0.972. The average Bonchev–Trinajstić information content (AvgIpc) is 2.76. The van der Waals surface area contributed by atoms with Crippen molar-refractivity contribution in [2.75, 3.05) is 16.2 Å². The first-order valence-electron chi connectivity index (χ1n) is 10.0. The zero-order chi connectivity index (χ0) is 22.0. The summed E-state index contributed by atoms with van der Waals surface area (Å²) in [6.45, 7) is 3.80. The van der Waals surface area contributed by atoms with Gasteiger partial charge in [0, 0.05) is 5.69 Å². The Labute approximate surface area is 182 Å². The quantitative estimate of drug-likeness (QED) is 0.655. The maximum Gasteiger partial charge on any atom is 0.267 e. The lowest BCUT2D eigenvalue weighted by molar-refractivity contribution is -0.122. The minimum Gasteiger partial charge on any atom is -0.476 e. The van der Waals surface area contributed by atoms with E-state index in [-0.39, 0.29) is 18.2 Å². The van der Waals surface area contributed by atoms with Gasteiger partial charge in [0.15, 0.2) is 6.10 Å². The molecule has 1 N–H and O–H groups in total. The number of sulfonamides is 1. The minimum absolute atomic E-state index is 0.0944. The van der Waals surface area contributed by atoms with Crippen LogP contribution in [0.5, 0.6) is 5.75 Å². The van der Waals surface area contributed by atoms with Crippen LogP contribution in [-0.2, 0) is 20.6 Å². The molecule has 1 aliphatic heterocycles. The SMILES string of the molecule is Cc1cccc(NC(=O)[C@H]2CN(S(=O)(=O)Cc3ccccc3)c3ccccc3O2)c1C. The number of para-hydroxylation sites is 2. The molecule has 3 aromatic carbocycles. The van der Waals surface area contributed by atoms with Crippen LogP contribution < -0.4 is 14.4 Å². The molecule has 1 amide bonds. The van der Waals surface area contributed by atoms with Crippen molar-refractivity contribution >= 4 is 27.3 Å². The predicted octanol–water partition coefficient (Wildman–Crippen LogP) is 4.04. The summed E-state index contributed by atoms with van der Waals surface area (Å²) in [7, 11) is -3.73. The van der Waals surface area contributed by atoms with E-state index in [1.807, 2.05) is 38.1 Å². The number of ether oxygens (including phenoxy) is 1.